The Morgan fingerprint density at radius 3 is 2.63 bits per heavy atom. The Hall–Kier alpha value is -2.64. The standard InChI is InChI=1S/C20H21N3O3S/c24-19(25)21-15-9-11-23(12-10-15)13-14-5-7-16(8-6-14)26-20-22-17-3-1-2-4-18(17)27-20/h1-8,15,21H,9-13H2,(H,24,25). The van der Waals surface area contributed by atoms with Gasteiger partial charge in [-0.05, 0) is 42.7 Å². The van der Waals surface area contributed by atoms with E-state index in [0.717, 1.165) is 48.4 Å². The zero-order valence-corrected chi connectivity index (χ0v) is 15.6. The number of ether oxygens (including phenoxy) is 1. The number of benzene rings is 2. The highest BCUT2D eigenvalue weighted by atomic mass is 32.1. The molecule has 1 aromatic heterocycles. The van der Waals surface area contributed by atoms with E-state index in [-0.39, 0.29) is 6.04 Å². The maximum Gasteiger partial charge on any atom is 0.404 e. The highest BCUT2D eigenvalue weighted by molar-refractivity contribution is 7.20. The summed E-state index contributed by atoms with van der Waals surface area (Å²) in [4.78, 5) is 17.6. The normalized spacial score (nSPS) is 15.7. The summed E-state index contributed by atoms with van der Waals surface area (Å²) >= 11 is 1.54. The molecule has 27 heavy (non-hydrogen) atoms. The van der Waals surface area contributed by atoms with Gasteiger partial charge in [0.2, 0.25) is 0 Å². The lowest BCUT2D eigenvalue weighted by Gasteiger charge is -2.31. The van der Waals surface area contributed by atoms with Crippen molar-refractivity contribution in [3.63, 3.8) is 0 Å². The van der Waals surface area contributed by atoms with Crippen LogP contribution in [0.3, 0.4) is 0 Å². The van der Waals surface area contributed by atoms with Crippen molar-refractivity contribution in [1.82, 2.24) is 15.2 Å². The summed E-state index contributed by atoms with van der Waals surface area (Å²) < 4.78 is 7.00. The molecule has 7 heteroatoms. The van der Waals surface area contributed by atoms with E-state index in [1.165, 1.54) is 16.9 Å². The van der Waals surface area contributed by atoms with Gasteiger partial charge in [0, 0.05) is 25.7 Å². The first kappa shape index (κ1) is 17.8. The monoisotopic (exact) mass is 383 g/mol. The maximum absolute atomic E-state index is 10.7. The summed E-state index contributed by atoms with van der Waals surface area (Å²) in [5.41, 5.74) is 2.17. The van der Waals surface area contributed by atoms with Crippen molar-refractivity contribution < 1.29 is 14.6 Å². The number of hydrogen-bond acceptors (Lipinski definition) is 5. The van der Waals surface area contributed by atoms with Crippen LogP contribution in [0.2, 0.25) is 0 Å². The first-order valence-electron chi connectivity index (χ1n) is 9.00. The minimum Gasteiger partial charge on any atom is -0.465 e. The van der Waals surface area contributed by atoms with Crippen molar-refractivity contribution in [1.29, 1.82) is 0 Å². The van der Waals surface area contributed by atoms with Crippen LogP contribution in [0, 0.1) is 0 Å². The summed E-state index contributed by atoms with van der Waals surface area (Å²) in [7, 11) is 0. The van der Waals surface area contributed by atoms with Crippen molar-refractivity contribution in [2.45, 2.75) is 25.4 Å². The van der Waals surface area contributed by atoms with Gasteiger partial charge >= 0.3 is 6.09 Å². The predicted molar refractivity (Wildman–Crippen MR) is 106 cm³/mol. The van der Waals surface area contributed by atoms with E-state index in [2.05, 4.69) is 27.3 Å². The number of thiazole rings is 1. The van der Waals surface area contributed by atoms with E-state index in [9.17, 15) is 4.79 Å². The second-order valence-corrected chi connectivity index (χ2v) is 7.69. The number of aromatic nitrogens is 1. The van der Waals surface area contributed by atoms with Crippen LogP contribution in [0.15, 0.2) is 48.5 Å². The van der Waals surface area contributed by atoms with Crippen LogP contribution >= 0.6 is 11.3 Å². The molecule has 3 aromatic rings. The molecular weight excluding hydrogens is 362 g/mol. The second-order valence-electron chi connectivity index (χ2n) is 6.69. The molecule has 6 nitrogen and oxygen atoms in total. The summed E-state index contributed by atoms with van der Waals surface area (Å²) in [5, 5.41) is 12.0. The van der Waals surface area contributed by atoms with Gasteiger partial charge in [-0.1, -0.05) is 35.6 Å². The number of nitrogens with one attached hydrogen (secondary N) is 1. The Kier molecular flexibility index (Phi) is 5.22. The topological polar surface area (TPSA) is 74.7 Å². The number of carbonyl (C=O) groups is 1. The lowest BCUT2D eigenvalue weighted by atomic mass is 10.0. The number of amides is 1. The van der Waals surface area contributed by atoms with Crippen molar-refractivity contribution in [3.05, 3.63) is 54.1 Å². The fourth-order valence-electron chi connectivity index (χ4n) is 3.33. The molecule has 1 fully saturated rings. The molecule has 0 spiro atoms. The lowest BCUT2D eigenvalue weighted by molar-refractivity contribution is 0.165. The number of nitrogens with zero attached hydrogens (tertiary/aromatic N) is 2. The molecular formula is C20H21N3O3S. The van der Waals surface area contributed by atoms with Gasteiger partial charge in [-0.25, -0.2) is 9.78 Å². The van der Waals surface area contributed by atoms with Crippen LogP contribution in [0.5, 0.6) is 10.9 Å². The van der Waals surface area contributed by atoms with E-state index in [1.54, 1.807) is 0 Å². The number of para-hydroxylation sites is 1. The van der Waals surface area contributed by atoms with Crippen LogP contribution in [0.25, 0.3) is 10.2 Å². The third-order valence-corrected chi connectivity index (χ3v) is 5.64. The minimum absolute atomic E-state index is 0.0725. The molecule has 1 aliphatic rings. The molecule has 0 saturated carbocycles. The zero-order valence-electron chi connectivity index (χ0n) is 14.8. The molecule has 2 N–H and O–H groups in total. The minimum atomic E-state index is -0.933. The Morgan fingerprint density at radius 2 is 1.93 bits per heavy atom. The van der Waals surface area contributed by atoms with Crippen molar-refractivity contribution in [3.8, 4) is 10.9 Å². The smallest absolute Gasteiger partial charge is 0.404 e. The quantitative estimate of drug-likeness (QED) is 0.686. The van der Waals surface area contributed by atoms with Crippen LogP contribution in [0.1, 0.15) is 18.4 Å². The molecule has 1 amide bonds. The summed E-state index contributed by atoms with van der Waals surface area (Å²) in [6.45, 7) is 2.66. The average Bonchev–Trinajstić information content (AvgIpc) is 3.07. The molecule has 140 valence electrons. The molecule has 0 unspecified atom stereocenters. The van der Waals surface area contributed by atoms with E-state index < -0.39 is 6.09 Å². The first-order chi connectivity index (χ1) is 13.2. The van der Waals surface area contributed by atoms with Crippen LogP contribution in [-0.4, -0.2) is 40.2 Å². The highest BCUT2D eigenvalue weighted by Gasteiger charge is 2.20. The second kappa shape index (κ2) is 7.94. The third kappa shape index (κ3) is 4.56. The van der Waals surface area contributed by atoms with E-state index in [0.29, 0.717) is 5.19 Å². The SMILES string of the molecule is O=C(O)NC1CCN(Cc2ccc(Oc3nc4ccccc4s3)cc2)CC1. The van der Waals surface area contributed by atoms with Crippen molar-refractivity contribution in [2.24, 2.45) is 0 Å². The number of likely N-dealkylation sites (tertiary alicyclic amines) is 1. The van der Waals surface area contributed by atoms with E-state index in [1.807, 2.05) is 36.4 Å². The Morgan fingerprint density at radius 1 is 1.19 bits per heavy atom. The molecule has 0 atom stereocenters. The number of carboxylic acid groups (broad SMARTS) is 1. The van der Waals surface area contributed by atoms with Gasteiger partial charge in [-0.3, -0.25) is 4.90 Å². The van der Waals surface area contributed by atoms with E-state index in [4.69, 9.17) is 9.84 Å². The molecule has 2 aromatic carbocycles. The molecule has 0 aliphatic carbocycles. The van der Waals surface area contributed by atoms with Crippen LogP contribution in [-0.2, 0) is 6.54 Å². The number of rotatable bonds is 5. The number of fused-ring (bicyclic) bond motifs is 1. The van der Waals surface area contributed by atoms with Gasteiger partial charge in [-0.2, -0.15) is 0 Å². The van der Waals surface area contributed by atoms with E-state index >= 15 is 0 Å². The van der Waals surface area contributed by atoms with Gasteiger partial charge in [0.25, 0.3) is 5.19 Å². The number of hydrogen-bond donors (Lipinski definition) is 2. The predicted octanol–water partition coefficient (Wildman–Crippen LogP) is 4.32. The molecule has 1 saturated heterocycles. The largest absolute Gasteiger partial charge is 0.465 e. The van der Waals surface area contributed by atoms with Gasteiger partial charge in [-0.15, -0.1) is 0 Å². The Balaban J connectivity index is 1.32. The molecule has 1 aliphatic heterocycles. The Labute approximate surface area is 161 Å². The van der Waals surface area contributed by atoms with Gasteiger partial charge < -0.3 is 15.2 Å². The fourth-order valence-corrected chi connectivity index (χ4v) is 4.16. The van der Waals surface area contributed by atoms with Gasteiger partial charge in [0.1, 0.15) is 5.75 Å². The summed E-state index contributed by atoms with van der Waals surface area (Å²) in [6, 6.07) is 16.2. The van der Waals surface area contributed by atoms with Crippen LogP contribution < -0.4 is 10.1 Å². The fraction of sp³-hybridized carbons (Fsp3) is 0.300. The zero-order chi connectivity index (χ0) is 18.6. The number of piperidine rings is 1. The third-order valence-electron chi connectivity index (χ3n) is 4.72. The summed E-state index contributed by atoms with van der Waals surface area (Å²) in [6.07, 6.45) is 0.771. The lowest BCUT2D eigenvalue weighted by Crippen LogP contribution is -2.43. The highest BCUT2D eigenvalue weighted by Crippen LogP contribution is 2.31. The summed E-state index contributed by atoms with van der Waals surface area (Å²) in [5.74, 6) is 0.780. The van der Waals surface area contributed by atoms with Crippen molar-refractivity contribution >= 4 is 27.6 Å². The van der Waals surface area contributed by atoms with Crippen molar-refractivity contribution in [2.75, 3.05) is 13.1 Å². The Bertz CT molecular complexity index is 885. The van der Waals surface area contributed by atoms with Gasteiger partial charge in [0.05, 0.1) is 10.2 Å². The molecule has 4 rings (SSSR count). The maximum atomic E-state index is 10.7. The molecule has 0 radical (unpaired) electrons. The molecule has 2 heterocycles. The molecule has 0 bridgehead atoms. The van der Waals surface area contributed by atoms with Gasteiger partial charge in [0.15, 0.2) is 0 Å². The van der Waals surface area contributed by atoms with Crippen LogP contribution in [0.4, 0.5) is 4.79 Å². The average molecular weight is 383 g/mol. The first-order valence-corrected chi connectivity index (χ1v) is 9.81.